The van der Waals surface area contributed by atoms with E-state index in [1.165, 1.54) is 37.1 Å². The Morgan fingerprint density at radius 3 is 2.93 bits per heavy atom. The summed E-state index contributed by atoms with van der Waals surface area (Å²) in [5, 5.41) is 0. The van der Waals surface area contributed by atoms with Crippen molar-refractivity contribution in [1.82, 2.24) is 9.97 Å². The molecular formula is C13H18N2. The molecule has 80 valence electrons. The smallest absolute Gasteiger partial charge is 0.109 e. The van der Waals surface area contributed by atoms with Gasteiger partial charge in [0.1, 0.15) is 5.82 Å². The minimum absolute atomic E-state index is 0.662. The minimum Gasteiger partial charge on any atom is -0.342 e. The molecule has 0 bridgehead atoms. The lowest BCUT2D eigenvalue weighted by Gasteiger charge is -2.03. The number of aromatic amines is 1. The standard InChI is InChI=1S/C13H18N2/c1-3-6-10(2)12-9-14-13(15-12)11-7-4-5-8-11/h3,6,9,11H,1,4-5,7-8H2,2H3,(H,14,15). The van der Waals surface area contributed by atoms with E-state index in [4.69, 9.17) is 0 Å². The molecule has 0 atom stereocenters. The van der Waals surface area contributed by atoms with Crippen LogP contribution in [0.3, 0.4) is 0 Å². The number of nitrogens with one attached hydrogen (secondary N) is 1. The molecule has 1 aromatic rings. The van der Waals surface area contributed by atoms with Crippen LogP contribution in [0.25, 0.3) is 5.57 Å². The lowest BCUT2D eigenvalue weighted by Crippen LogP contribution is -1.94. The van der Waals surface area contributed by atoms with Gasteiger partial charge in [0.25, 0.3) is 0 Å². The molecule has 1 aromatic heterocycles. The van der Waals surface area contributed by atoms with Crippen molar-refractivity contribution in [2.45, 2.75) is 38.5 Å². The second-order valence-corrected chi connectivity index (χ2v) is 4.25. The summed E-state index contributed by atoms with van der Waals surface area (Å²) in [6.45, 7) is 5.78. The number of hydrogen-bond donors (Lipinski definition) is 1. The molecule has 0 radical (unpaired) electrons. The summed E-state index contributed by atoms with van der Waals surface area (Å²) >= 11 is 0. The van der Waals surface area contributed by atoms with E-state index >= 15 is 0 Å². The van der Waals surface area contributed by atoms with Crippen LogP contribution in [0.1, 0.15) is 50.0 Å². The summed E-state index contributed by atoms with van der Waals surface area (Å²) in [7, 11) is 0. The van der Waals surface area contributed by atoms with Crippen molar-refractivity contribution in [3.8, 4) is 0 Å². The summed E-state index contributed by atoms with van der Waals surface area (Å²) in [4.78, 5) is 7.88. The lowest BCUT2D eigenvalue weighted by atomic mass is 10.1. The molecule has 0 aromatic carbocycles. The van der Waals surface area contributed by atoms with Gasteiger partial charge in [-0.1, -0.05) is 31.6 Å². The van der Waals surface area contributed by atoms with Gasteiger partial charge in [-0.3, -0.25) is 0 Å². The fraction of sp³-hybridized carbons (Fsp3) is 0.462. The quantitative estimate of drug-likeness (QED) is 0.744. The second kappa shape index (κ2) is 4.47. The first-order chi connectivity index (χ1) is 7.31. The fourth-order valence-electron chi connectivity index (χ4n) is 2.21. The van der Waals surface area contributed by atoms with E-state index in [1.54, 1.807) is 0 Å². The molecule has 1 aliphatic rings. The summed E-state index contributed by atoms with van der Waals surface area (Å²) < 4.78 is 0. The minimum atomic E-state index is 0.662. The zero-order valence-electron chi connectivity index (χ0n) is 9.29. The van der Waals surface area contributed by atoms with Crippen molar-refractivity contribution >= 4 is 5.57 Å². The Kier molecular flexibility index (Phi) is 3.05. The number of aromatic nitrogens is 2. The van der Waals surface area contributed by atoms with Crippen molar-refractivity contribution in [3.63, 3.8) is 0 Å². The molecule has 0 aliphatic heterocycles. The predicted octanol–water partition coefficient (Wildman–Crippen LogP) is 3.66. The fourth-order valence-corrected chi connectivity index (χ4v) is 2.21. The summed E-state index contributed by atoms with van der Waals surface area (Å²) in [5.74, 6) is 1.83. The first-order valence-electron chi connectivity index (χ1n) is 5.66. The average Bonchev–Trinajstić information content (AvgIpc) is 2.89. The van der Waals surface area contributed by atoms with Gasteiger partial charge >= 0.3 is 0 Å². The van der Waals surface area contributed by atoms with Crippen LogP contribution in [0, 0.1) is 0 Å². The molecule has 1 fully saturated rings. The highest BCUT2D eigenvalue weighted by molar-refractivity contribution is 5.61. The highest BCUT2D eigenvalue weighted by Crippen LogP contribution is 2.32. The van der Waals surface area contributed by atoms with E-state index < -0.39 is 0 Å². The highest BCUT2D eigenvalue weighted by Gasteiger charge is 2.19. The summed E-state index contributed by atoms with van der Waals surface area (Å²) in [6.07, 6.45) is 11.0. The first-order valence-corrected chi connectivity index (χ1v) is 5.66. The largest absolute Gasteiger partial charge is 0.342 e. The number of nitrogens with zero attached hydrogens (tertiary/aromatic N) is 1. The third kappa shape index (κ3) is 2.20. The second-order valence-electron chi connectivity index (χ2n) is 4.25. The topological polar surface area (TPSA) is 28.7 Å². The molecule has 0 unspecified atom stereocenters. The van der Waals surface area contributed by atoms with Crippen LogP contribution in [-0.4, -0.2) is 9.97 Å². The molecule has 0 amide bonds. The normalized spacial score (nSPS) is 18.3. The van der Waals surface area contributed by atoms with Crippen LogP contribution in [0.15, 0.2) is 24.9 Å². The number of H-pyrrole nitrogens is 1. The summed E-state index contributed by atoms with van der Waals surface area (Å²) in [5.41, 5.74) is 2.32. The van der Waals surface area contributed by atoms with Crippen LogP contribution < -0.4 is 0 Å². The van der Waals surface area contributed by atoms with Crippen LogP contribution >= 0.6 is 0 Å². The van der Waals surface area contributed by atoms with Gasteiger partial charge in [0, 0.05) is 5.92 Å². The Hall–Kier alpha value is -1.31. The Balaban J connectivity index is 2.16. The van der Waals surface area contributed by atoms with Crippen LogP contribution in [0.5, 0.6) is 0 Å². The zero-order chi connectivity index (χ0) is 10.7. The van der Waals surface area contributed by atoms with Crippen molar-refractivity contribution in [2.75, 3.05) is 0 Å². The Bertz CT molecular complexity index is 368. The van der Waals surface area contributed by atoms with E-state index in [0.717, 1.165) is 5.69 Å². The number of rotatable bonds is 3. The number of imidazole rings is 1. The molecule has 0 saturated heterocycles. The van der Waals surface area contributed by atoms with Gasteiger partial charge in [-0.05, 0) is 25.3 Å². The van der Waals surface area contributed by atoms with Gasteiger partial charge in [0.2, 0.25) is 0 Å². The van der Waals surface area contributed by atoms with Crippen molar-refractivity contribution in [3.05, 3.63) is 36.4 Å². The lowest BCUT2D eigenvalue weighted by molar-refractivity contribution is 0.678. The molecule has 1 aliphatic carbocycles. The Labute approximate surface area is 91.1 Å². The number of hydrogen-bond acceptors (Lipinski definition) is 1. The van der Waals surface area contributed by atoms with Crippen LogP contribution in [0.2, 0.25) is 0 Å². The molecule has 1 N–H and O–H groups in total. The van der Waals surface area contributed by atoms with Gasteiger partial charge in [-0.25, -0.2) is 4.98 Å². The predicted molar refractivity (Wildman–Crippen MR) is 63.6 cm³/mol. The van der Waals surface area contributed by atoms with Gasteiger partial charge in [0.05, 0.1) is 11.9 Å². The third-order valence-electron chi connectivity index (χ3n) is 3.13. The van der Waals surface area contributed by atoms with E-state index in [9.17, 15) is 0 Å². The molecule has 15 heavy (non-hydrogen) atoms. The van der Waals surface area contributed by atoms with E-state index in [0.29, 0.717) is 5.92 Å². The van der Waals surface area contributed by atoms with E-state index in [2.05, 4.69) is 23.5 Å². The first kappa shape index (κ1) is 10.2. The van der Waals surface area contributed by atoms with Gasteiger partial charge in [-0.2, -0.15) is 0 Å². The molecule has 0 spiro atoms. The van der Waals surface area contributed by atoms with Crippen molar-refractivity contribution in [1.29, 1.82) is 0 Å². The highest BCUT2D eigenvalue weighted by atomic mass is 14.9. The molecule has 2 heteroatoms. The van der Waals surface area contributed by atoms with E-state index in [-0.39, 0.29) is 0 Å². The Morgan fingerprint density at radius 1 is 1.53 bits per heavy atom. The molecular weight excluding hydrogens is 184 g/mol. The van der Waals surface area contributed by atoms with Gasteiger partial charge in [-0.15, -0.1) is 0 Å². The average molecular weight is 202 g/mol. The molecule has 1 heterocycles. The molecule has 2 rings (SSSR count). The van der Waals surface area contributed by atoms with Crippen molar-refractivity contribution in [2.24, 2.45) is 0 Å². The SMILES string of the molecule is C=CC=C(C)c1cnc(C2CCCC2)[nH]1. The van der Waals surface area contributed by atoms with Crippen molar-refractivity contribution < 1.29 is 0 Å². The maximum absolute atomic E-state index is 4.47. The van der Waals surface area contributed by atoms with E-state index in [1.807, 2.05) is 18.3 Å². The van der Waals surface area contributed by atoms with Gasteiger partial charge in [0.15, 0.2) is 0 Å². The Morgan fingerprint density at radius 2 is 2.27 bits per heavy atom. The van der Waals surface area contributed by atoms with Crippen LogP contribution in [0.4, 0.5) is 0 Å². The third-order valence-corrected chi connectivity index (χ3v) is 3.13. The maximum Gasteiger partial charge on any atom is 0.109 e. The van der Waals surface area contributed by atoms with Crippen LogP contribution in [-0.2, 0) is 0 Å². The number of allylic oxidation sites excluding steroid dienone is 3. The monoisotopic (exact) mass is 202 g/mol. The van der Waals surface area contributed by atoms with Gasteiger partial charge < -0.3 is 4.98 Å². The zero-order valence-corrected chi connectivity index (χ0v) is 9.29. The summed E-state index contributed by atoms with van der Waals surface area (Å²) in [6, 6.07) is 0. The molecule has 2 nitrogen and oxygen atoms in total. The molecule has 1 saturated carbocycles. The maximum atomic E-state index is 4.47.